The molecule has 8 aromatic rings. The Labute approximate surface area is 371 Å². The summed E-state index contributed by atoms with van der Waals surface area (Å²) in [5.41, 5.74) is 18.1. The number of likely N-dealkylation sites (tertiary alicyclic amines) is 3. The first kappa shape index (κ1) is 40.5. The van der Waals surface area contributed by atoms with Crippen molar-refractivity contribution in [2.24, 2.45) is 0 Å². The lowest BCUT2D eigenvalue weighted by atomic mass is 10.1. The molecule has 16 heteroatoms. The number of benzene rings is 2. The van der Waals surface area contributed by atoms with E-state index in [4.69, 9.17) is 16.2 Å². The molecule has 2 amide bonds. The lowest BCUT2D eigenvalue weighted by molar-refractivity contribution is -0.133. The number of rotatable bonds is 9. The molecule has 6 aromatic heterocycles. The minimum Gasteiger partial charge on any atom is -0.495 e. The van der Waals surface area contributed by atoms with Crippen LogP contribution >= 0.6 is 22.7 Å². The minimum absolute atomic E-state index is 0.0402. The normalized spacial score (nSPS) is 15.8. The molecule has 2 aromatic carbocycles. The monoisotopic (exact) mass is 877 g/mol. The smallest absolute Gasteiger partial charge is 0.250 e. The largest absolute Gasteiger partial charge is 0.495 e. The zero-order valence-corrected chi connectivity index (χ0v) is 36.8. The van der Waals surface area contributed by atoms with Gasteiger partial charge in [-0.1, -0.05) is 37.4 Å². The SMILES string of the molecule is C=C(CN1CCCC1)C(=O)N1CC(n2cc(-c3cc4cc(C)cc(OC)c4s3)c3c(N)ncnc32)C1.C=CC(=O)N1CC(n2cc(-c3cc4ccccc4s3)c3c(N)ncnc32)C1. The highest BCUT2D eigenvalue weighted by atomic mass is 32.1. The van der Waals surface area contributed by atoms with Gasteiger partial charge in [-0.2, -0.15) is 0 Å². The number of carbonyl (C=O) groups excluding carboxylic acids is 2. The van der Waals surface area contributed by atoms with E-state index in [0.29, 0.717) is 49.9 Å². The number of nitrogens with zero attached hydrogens (tertiary/aromatic N) is 9. The van der Waals surface area contributed by atoms with Crippen LogP contribution < -0.4 is 16.2 Å². The molecule has 0 bridgehead atoms. The highest BCUT2D eigenvalue weighted by Gasteiger charge is 2.36. The number of thiophene rings is 2. The van der Waals surface area contributed by atoms with Gasteiger partial charge >= 0.3 is 0 Å². The maximum Gasteiger partial charge on any atom is 0.250 e. The van der Waals surface area contributed by atoms with Crippen molar-refractivity contribution in [1.82, 2.24) is 43.8 Å². The summed E-state index contributed by atoms with van der Waals surface area (Å²) in [5.74, 6) is 1.82. The molecule has 0 radical (unpaired) electrons. The van der Waals surface area contributed by atoms with Crippen LogP contribution in [0.5, 0.6) is 5.75 Å². The number of hydrogen-bond acceptors (Lipinski definition) is 12. The molecule has 14 nitrogen and oxygen atoms in total. The number of amides is 2. The van der Waals surface area contributed by atoms with Crippen LogP contribution in [0.3, 0.4) is 0 Å². The van der Waals surface area contributed by atoms with E-state index in [0.717, 1.165) is 77.4 Å². The van der Waals surface area contributed by atoms with Crippen molar-refractivity contribution in [1.29, 1.82) is 0 Å². The van der Waals surface area contributed by atoms with Gasteiger partial charge < -0.3 is 35.1 Å². The van der Waals surface area contributed by atoms with Crippen molar-refractivity contribution >= 4 is 88.4 Å². The maximum absolute atomic E-state index is 13.0. The number of nitrogen functional groups attached to an aromatic ring is 2. The molecular weight excluding hydrogens is 831 g/mol. The Morgan fingerprint density at radius 1 is 0.810 bits per heavy atom. The summed E-state index contributed by atoms with van der Waals surface area (Å²) in [4.78, 5) is 50.5. The van der Waals surface area contributed by atoms with E-state index in [2.05, 4.69) is 103 Å². The molecule has 4 N–H and O–H groups in total. The summed E-state index contributed by atoms with van der Waals surface area (Å²) >= 11 is 3.41. The van der Waals surface area contributed by atoms with Crippen LogP contribution in [0.25, 0.3) is 63.1 Å². The molecule has 3 fully saturated rings. The average Bonchev–Trinajstić information content (AvgIpc) is 4.10. The van der Waals surface area contributed by atoms with E-state index in [1.165, 1.54) is 41.7 Å². The minimum atomic E-state index is -0.0402. The van der Waals surface area contributed by atoms with Crippen molar-refractivity contribution in [2.75, 3.05) is 64.4 Å². The van der Waals surface area contributed by atoms with Crippen LogP contribution in [0, 0.1) is 6.92 Å². The van der Waals surface area contributed by atoms with E-state index >= 15 is 0 Å². The summed E-state index contributed by atoms with van der Waals surface area (Å²) < 4.78 is 12.3. The Kier molecular flexibility index (Phi) is 10.4. The first-order chi connectivity index (χ1) is 30.6. The van der Waals surface area contributed by atoms with Gasteiger partial charge in [0.05, 0.1) is 34.7 Å². The van der Waals surface area contributed by atoms with Gasteiger partial charge in [-0.05, 0) is 79.5 Å². The van der Waals surface area contributed by atoms with Gasteiger partial charge in [0.15, 0.2) is 0 Å². The van der Waals surface area contributed by atoms with Gasteiger partial charge in [-0.3, -0.25) is 14.5 Å². The van der Waals surface area contributed by atoms with Crippen molar-refractivity contribution in [3.63, 3.8) is 0 Å². The fraction of sp³-hybridized carbons (Fsp3) is 0.277. The molecule has 0 aliphatic carbocycles. The van der Waals surface area contributed by atoms with Crippen LogP contribution in [-0.4, -0.2) is 109 Å². The number of ether oxygens (including phenoxy) is 1. The average molecular weight is 878 g/mol. The molecule has 3 saturated heterocycles. The Bertz CT molecular complexity index is 3080. The third-order valence-electron chi connectivity index (χ3n) is 12.4. The standard InChI is InChI=1S/C27H30N6O2S.C20H17N5OS/c1-16-8-18-10-22(36-24(18)21(9-16)35-3)20-14-33(26-23(20)25(28)29-15-30-26)19-12-32(13-19)27(34)17(2)11-31-6-4-5-7-31;1-2-17(26)24-8-13(9-24)25-10-14(18-19(21)22-11-23-20(18)25)16-7-12-5-3-4-6-15(12)27-16/h8-10,14-15,19H,2,4-7,11-13H2,1,3H3,(H2,28,29,30);2-7,10-11,13H,1,8-9H2,(H2,21,22,23). The van der Waals surface area contributed by atoms with E-state index in [9.17, 15) is 9.59 Å². The molecule has 3 aliphatic rings. The summed E-state index contributed by atoms with van der Waals surface area (Å²) in [5, 5.41) is 4.07. The Morgan fingerprint density at radius 2 is 1.40 bits per heavy atom. The lowest BCUT2D eigenvalue weighted by Crippen LogP contribution is -2.51. The van der Waals surface area contributed by atoms with Crippen LogP contribution in [0.15, 0.2) is 98.4 Å². The molecule has 0 unspecified atom stereocenters. The van der Waals surface area contributed by atoms with Crippen LogP contribution in [0.1, 0.15) is 30.5 Å². The van der Waals surface area contributed by atoms with Gasteiger partial charge in [-0.15, -0.1) is 22.7 Å². The second-order valence-electron chi connectivity index (χ2n) is 16.5. The van der Waals surface area contributed by atoms with E-state index in [1.54, 1.807) is 34.7 Å². The summed E-state index contributed by atoms with van der Waals surface area (Å²) in [7, 11) is 1.70. The molecule has 63 heavy (non-hydrogen) atoms. The van der Waals surface area contributed by atoms with Crippen molar-refractivity contribution in [3.8, 4) is 26.6 Å². The Morgan fingerprint density at radius 3 is 2.00 bits per heavy atom. The predicted octanol–water partition coefficient (Wildman–Crippen LogP) is 7.71. The first-order valence-electron chi connectivity index (χ1n) is 21.0. The van der Waals surface area contributed by atoms with Gasteiger partial charge in [-0.25, -0.2) is 19.9 Å². The zero-order chi connectivity index (χ0) is 43.5. The quantitative estimate of drug-likeness (QED) is 0.137. The van der Waals surface area contributed by atoms with Crippen molar-refractivity contribution in [2.45, 2.75) is 31.8 Å². The van der Waals surface area contributed by atoms with Gasteiger partial charge in [0.1, 0.15) is 41.3 Å². The number of carbonyl (C=O) groups is 2. The van der Waals surface area contributed by atoms with Crippen molar-refractivity contribution < 1.29 is 14.3 Å². The number of fused-ring (bicyclic) bond motifs is 4. The third-order valence-corrected chi connectivity index (χ3v) is 14.7. The molecular formula is C47H47N11O3S2. The van der Waals surface area contributed by atoms with E-state index < -0.39 is 0 Å². The van der Waals surface area contributed by atoms with Gasteiger partial charge in [0.2, 0.25) is 5.91 Å². The topological polar surface area (TPSA) is 167 Å². The first-order valence-corrected chi connectivity index (χ1v) is 22.6. The Hall–Kier alpha value is -6.62. The molecule has 320 valence electrons. The number of hydrogen-bond donors (Lipinski definition) is 2. The van der Waals surface area contributed by atoms with Crippen LogP contribution in [0.2, 0.25) is 0 Å². The zero-order valence-electron chi connectivity index (χ0n) is 35.2. The van der Waals surface area contributed by atoms with Gasteiger partial charge in [0.25, 0.3) is 5.91 Å². The number of aryl methyl sites for hydroxylation is 1. The number of anilines is 2. The molecule has 9 heterocycles. The second kappa shape index (κ2) is 16.3. The molecule has 11 rings (SSSR count). The molecule has 3 aliphatic heterocycles. The predicted molar refractivity (Wildman–Crippen MR) is 253 cm³/mol. The summed E-state index contributed by atoms with van der Waals surface area (Å²) in [6.07, 6.45) is 11.0. The number of aromatic nitrogens is 6. The fourth-order valence-corrected chi connectivity index (χ4v) is 11.3. The summed E-state index contributed by atoms with van der Waals surface area (Å²) in [6, 6.07) is 17.2. The van der Waals surface area contributed by atoms with Crippen LogP contribution in [-0.2, 0) is 9.59 Å². The lowest BCUT2D eigenvalue weighted by Gasteiger charge is -2.40. The molecule has 0 spiro atoms. The number of methoxy groups -OCH3 is 1. The third kappa shape index (κ3) is 7.26. The molecule has 0 atom stereocenters. The van der Waals surface area contributed by atoms with E-state index in [-0.39, 0.29) is 23.9 Å². The maximum atomic E-state index is 13.0. The van der Waals surface area contributed by atoms with Crippen LogP contribution in [0.4, 0.5) is 11.6 Å². The highest BCUT2D eigenvalue weighted by Crippen LogP contribution is 2.45. The highest BCUT2D eigenvalue weighted by molar-refractivity contribution is 7.23. The van der Waals surface area contributed by atoms with E-state index in [1.807, 2.05) is 17.0 Å². The van der Waals surface area contributed by atoms with Crippen molar-refractivity contribution in [3.05, 3.63) is 104 Å². The van der Waals surface area contributed by atoms with Gasteiger partial charge in [0, 0.05) is 76.3 Å². The number of nitrogens with two attached hydrogens (primary N) is 2. The Balaban J connectivity index is 0.000000156. The molecule has 0 saturated carbocycles. The second-order valence-corrected chi connectivity index (χ2v) is 18.6. The summed E-state index contributed by atoms with van der Waals surface area (Å²) in [6.45, 7) is 15.0. The fourth-order valence-electron chi connectivity index (χ4n) is 9.05.